The molecule has 0 unspecified atom stereocenters. The lowest BCUT2D eigenvalue weighted by Crippen LogP contribution is -2.20. The molecule has 14 heteroatoms. The van der Waals surface area contributed by atoms with E-state index in [1.165, 1.54) is 29.8 Å². The summed E-state index contributed by atoms with van der Waals surface area (Å²) in [6, 6.07) is 11.1. The van der Waals surface area contributed by atoms with Crippen LogP contribution in [0, 0.1) is 10.1 Å². The highest BCUT2D eigenvalue weighted by Gasteiger charge is 2.21. The van der Waals surface area contributed by atoms with Gasteiger partial charge in [0.05, 0.1) is 21.1 Å². The third-order valence-electron chi connectivity index (χ3n) is 4.50. The van der Waals surface area contributed by atoms with Gasteiger partial charge in [0.25, 0.3) is 11.6 Å². The number of esters is 1. The van der Waals surface area contributed by atoms with Gasteiger partial charge in [-0.2, -0.15) is 0 Å². The summed E-state index contributed by atoms with van der Waals surface area (Å²) in [5, 5.41) is 24.7. The van der Waals surface area contributed by atoms with E-state index in [1.807, 2.05) is 6.07 Å². The normalized spacial score (nSPS) is 10.7. The van der Waals surface area contributed by atoms with Crippen LogP contribution in [0.2, 0.25) is 5.02 Å². The van der Waals surface area contributed by atoms with E-state index in [4.69, 9.17) is 16.3 Å². The number of anilines is 1. The largest absolute Gasteiger partial charge is 0.452 e. The fourth-order valence-corrected chi connectivity index (χ4v) is 4.64. The highest BCUT2D eigenvalue weighted by molar-refractivity contribution is 7.99. The number of amides is 1. The fraction of sp³-hybridized carbons (Fsp3) is 0.0952. The molecule has 4 aromatic rings. The molecule has 2 aromatic carbocycles. The number of carbonyl (C=O) groups is 2. The third-order valence-corrected chi connectivity index (χ3v) is 6.70. The first-order valence-electron chi connectivity index (χ1n) is 9.79. The predicted molar refractivity (Wildman–Crippen MR) is 130 cm³/mol. The van der Waals surface area contributed by atoms with Gasteiger partial charge >= 0.3 is 5.97 Å². The second-order valence-corrected chi connectivity index (χ2v) is 9.18. The number of halogens is 1. The first-order chi connectivity index (χ1) is 16.8. The SMILES string of the molecule is Cn1cnnc1Sc1ccc(C(=O)OCC(=O)Nc2nc(-c3ccccc3Cl)cs2)cc1[N+](=O)[O-]. The van der Waals surface area contributed by atoms with Crippen molar-refractivity contribution < 1.29 is 19.2 Å². The number of ether oxygens (including phenoxy) is 1. The molecule has 0 bridgehead atoms. The number of nitro groups is 1. The molecule has 0 aliphatic rings. The minimum atomic E-state index is -0.880. The van der Waals surface area contributed by atoms with Crippen molar-refractivity contribution in [3.8, 4) is 11.3 Å². The molecule has 0 aliphatic carbocycles. The molecule has 1 N–H and O–H groups in total. The maximum Gasteiger partial charge on any atom is 0.338 e. The Morgan fingerprint density at radius 3 is 2.80 bits per heavy atom. The van der Waals surface area contributed by atoms with Crippen LogP contribution in [-0.2, 0) is 16.6 Å². The van der Waals surface area contributed by atoms with Gasteiger partial charge in [0.1, 0.15) is 6.33 Å². The van der Waals surface area contributed by atoms with Crippen molar-refractivity contribution in [3.63, 3.8) is 0 Å². The van der Waals surface area contributed by atoms with Crippen LogP contribution in [0.1, 0.15) is 10.4 Å². The molecule has 0 atom stereocenters. The maximum atomic E-state index is 12.4. The van der Waals surface area contributed by atoms with Crippen molar-refractivity contribution in [1.29, 1.82) is 0 Å². The number of carbonyl (C=O) groups excluding carboxylic acids is 2. The quantitative estimate of drug-likeness (QED) is 0.198. The molecule has 0 radical (unpaired) electrons. The van der Waals surface area contributed by atoms with Crippen LogP contribution in [0.5, 0.6) is 0 Å². The molecule has 4 rings (SSSR count). The van der Waals surface area contributed by atoms with Crippen molar-refractivity contribution in [2.24, 2.45) is 7.05 Å². The number of thiazole rings is 1. The Kier molecular flexibility index (Phi) is 7.39. The molecule has 2 aromatic heterocycles. The van der Waals surface area contributed by atoms with E-state index in [0.29, 0.717) is 21.0 Å². The monoisotopic (exact) mass is 530 g/mol. The number of benzene rings is 2. The van der Waals surface area contributed by atoms with E-state index >= 15 is 0 Å². The Balaban J connectivity index is 1.38. The van der Waals surface area contributed by atoms with Gasteiger partial charge in [-0.1, -0.05) is 29.8 Å². The summed E-state index contributed by atoms with van der Waals surface area (Å²) in [4.78, 5) is 40.1. The lowest BCUT2D eigenvalue weighted by molar-refractivity contribution is -0.387. The van der Waals surface area contributed by atoms with Gasteiger partial charge in [0.2, 0.25) is 0 Å². The smallest absolute Gasteiger partial charge is 0.338 e. The zero-order valence-electron chi connectivity index (χ0n) is 17.9. The van der Waals surface area contributed by atoms with Crippen LogP contribution in [0.15, 0.2) is 64.2 Å². The molecule has 0 fully saturated rings. The van der Waals surface area contributed by atoms with Gasteiger partial charge < -0.3 is 9.30 Å². The summed E-state index contributed by atoms with van der Waals surface area (Å²) in [6.45, 7) is -0.594. The Morgan fingerprint density at radius 1 is 1.29 bits per heavy atom. The van der Waals surface area contributed by atoms with Crippen LogP contribution in [0.4, 0.5) is 10.8 Å². The van der Waals surface area contributed by atoms with E-state index in [0.717, 1.165) is 23.4 Å². The average Bonchev–Trinajstić information content (AvgIpc) is 3.46. The fourth-order valence-electron chi connectivity index (χ4n) is 2.83. The van der Waals surface area contributed by atoms with Crippen molar-refractivity contribution >= 4 is 57.4 Å². The highest BCUT2D eigenvalue weighted by atomic mass is 35.5. The molecule has 0 spiro atoms. The summed E-state index contributed by atoms with van der Waals surface area (Å²) >= 11 is 8.39. The van der Waals surface area contributed by atoms with E-state index < -0.39 is 23.4 Å². The van der Waals surface area contributed by atoms with Crippen LogP contribution in [-0.4, -0.2) is 43.2 Å². The Bertz CT molecular complexity index is 1420. The second-order valence-electron chi connectivity index (χ2n) is 6.91. The van der Waals surface area contributed by atoms with Crippen molar-refractivity contribution in [1.82, 2.24) is 19.7 Å². The summed E-state index contributed by atoms with van der Waals surface area (Å²) in [6.07, 6.45) is 1.47. The Hall–Kier alpha value is -3.81. The van der Waals surface area contributed by atoms with Crippen LogP contribution in [0.25, 0.3) is 11.3 Å². The summed E-state index contributed by atoms with van der Waals surface area (Å²) in [5.41, 5.74) is 0.952. The Labute approximate surface area is 211 Å². The first-order valence-corrected chi connectivity index (χ1v) is 11.9. The number of nitrogens with one attached hydrogen (secondary N) is 1. The van der Waals surface area contributed by atoms with Gasteiger partial charge in [0, 0.05) is 29.1 Å². The molecule has 0 saturated heterocycles. The Morgan fingerprint density at radius 2 is 2.09 bits per heavy atom. The number of nitrogens with zero attached hydrogens (tertiary/aromatic N) is 5. The summed E-state index contributed by atoms with van der Waals surface area (Å²) in [5.74, 6) is -1.49. The molecular weight excluding hydrogens is 516 g/mol. The third kappa shape index (κ3) is 5.82. The molecule has 178 valence electrons. The molecule has 1 amide bonds. The van der Waals surface area contributed by atoms with E-state index in [-0.39, 0.29) is 16.1 Å². The maximum absolute atomic E-state index is 12.4. The first kappa shape index (κ1) is 24.3. The number of nitro benzene ring substituents is 1. The number of hydrogen-bond acceptors (Lipinski definition) is 10. The van der Waals surface area contributed by atoms with Gasteiger partial charge in [-0.25, -0.2) is 9.78 Å². The number of rotatable bonds is 8. The molecule has 35 heavy (non-hydrogen) atoms. The van der Waals surface area contributed by atoms with Crippen molar-refractivity contribution in [2.75, 3.05) is 11.9 Å². The summed E-state index contributed by atoms with van der Waals surface area (Å²) < 4.78 is 6.63. The number of aryl methyl sites for hydroxylation is 1. The van der Waals surface area contributed by atoms with E-state index in [1.54, 1.807) is 35.2 Å². The number of aromatic nitrogens is 4. The van der Waals surface area contributed by atoms with Crippen LogP contribution < -0.4 is 5.32 Å². The average molecular weight is 531 g/mol. The highest BCUT2D eigenvalue weighted by Crippen LogP contribution is 2.34. The van der Waals surface area contributed by atoms with E-state index in [9.17, 15) is 19.7 Å². The topological polar surface area (TPSA) is 142 Å². The standard InChI is InChI=1S/C21H15ClN6O5S2/c1-27-11-23-26-21(27)35-17-7-6-12(8-16(17)28(31)32)19(30)33-9-18(29)25-20-24-15(10-34-20)13-4-2-3-5-14(13)22/h2-8,10-11H,9H2,1H3,(H,24,25,29). The lowest BCUT2D eigenvalue weighted by atomic mass is 10.2. The van der Waals surface area contributed by atoms with Gasteiger partial charge in [-0.3, -0.25) is 20.2 Å². The lowest BCUT2D eigenvalue weighted by Gasteiger charge is -2.07. The van der Waals surface area contributed by atoms with Crippen molar-refractivity contribution in [2.45, 2.75) is 10.1 Å². The van der Waals surface area contributed by atoms with Crippen LogP contribution >= 0.6 is 34.7 Å². The van der Waals surface area contributed by atoms with E-state index in [2.05, 4.69) is 20.5 Å². The van der Waals surface area contributed by atoms with Crippen molar-refractivity contribution in [3.05, 3.63) is 74.9 Å². The summed E-state index contributed by atoms with van der Waals surface area (Å²) in [7, 11) is 1.70. The van der Waals surface area contributed by atoms with Crippen LogP contribution in [0.3, 0.4) is 0 Å². The number of hydrogen-bond donors (Lipinski definition) is 1. The van der Waals surface area contributed by atoms with Gasteiger partial charge in [-0.15, -0.1) is 21.5 Å². The predicted octanol–water partition coefficient (Wildman–Crippen LogP) is 4.45. The molecule has 2 heterocycles. The zero-order chi connectivity index (χ0) is 24.9. The molecule has 11 nitrogen and oxygen atoms in total. The molecular formula is C21H15ClN6O5S2. The molecule has 0 aliphatic heterocycles. The van der Waals surface area contributed by atoms with Gasteiger partial charge in [-0.05, 0) is 30.0 Å². The molecule has 0 saturated carbocycles. The minimum Gasteiger partial charge on any atom is -0.452 e. The minimum absolute atomic E-state index is 0.0675. The zero-order valence-corrected chi connectivity index (χ0v) is 20.3. The second kappa shape index (κ2) is 10.6. The van der Waals surface area contributed by atoms with Gasteiger partial charge in [0.15, 0.2) is 16.9 Å².